The maximum atomic E-state index is 2.52. The summed E-state index contributed by atoms with van der Waals surface area (Å²) in [6.07, 6.45) is 2.66. The van der Waals surface area contributed by atoms with Crippen molar-refractivity contribution in [3.63, 3.8) is 0 Å². The molecule has 0 aliphatic carbocycles. The first kappa shape index (κ1) is 17.0. The van der Waals surface area contributed by atoms with Crippen molar-refractivity contribution >= 4 is 0 Å². The van der Waals surface area contributed by atoms with Gasteiger partial charge >= 0.3 is 0 Å². The summed E-state index contributed by atoms with van der Waals surface area (Å²) < 4.78 is 0. The second-order valence-electron chi connectivity index (χ2n) is 7.69. The van der Waals surface area contributed by atoms with Crippen LogP contribution in [-0.2, 0) is 0 Å². The monoisotopic (exact) mass is 241 g/mol. The molecule has 0 bridgehead atoms. The summed E-state index contributed by atoms with van der Waals surface area (Å²) in [4.78, 5) is 2.52. The van der Waals surface area contributed by atoms with Crippen molar-refractivity contribution in [1.29, 1.82) is 0 Å². The third-order valence-electron chi connectivity index (χ3n) is 3.16. The van der Waals surface area contributed by atoms with E-state index in [0.717, 1.165) is 17.8 Å². The lowest BCUT2D eigenvalue weighted by atomic mass is 9.83. The van der Waals surface area contributed by atoms with Gasteiger partial charge in [-0.3, -0.25) is 0 Å². The van der Waals surface area contributed by atoms with Gasteiger partial charge in [0, 0.05) is 13.1 Å². The lowest BCUT2D eigenvalue weighted by Crippen LogP contribution is -2.35. The van der Waals surface area contributed by atoms with Crippen molar-refractivity contribution in [3.8, 4) is 0 Å². The average molecular weight is 241 g/mol. The first-order valence-electron chi connectivity index (χ1n) is 7.31. The zero-order chi connectivity index (χ0) is 13.6. The Kier molecular flexibility index (Phi) is 7.39. The molecule has 1 atom stereocenters. The van der Waals surface area contributed by atoms with Crippen molar-refractivity contribution < 1.29 is 0 Å². The summed E-state index contributed by atoms with van der Waals surface area (Å²) >= 11 is 0. The van der Waals surface area contributed by atoms with Gasteiger partial charge in [0.05, 0.1) is 0 Å². The van der Waals surface area contributed by atoms with E-state index in [9.17, 15) is 0 Å². The topological polar surface area (TPSA) is 3.24 Å². The summed E-state index contributed by atoms with van der Waals surface area (Å²) in [5.74, 6) is 2.43. The van der Waals surface area contributed by atoms with Crippen LogP contribution in [0.5, 0.6) is 0 Å². The van der Waals surface area contributed by atoms with E-state index in [1.807, 2.05) is 0 Å². The van der Waals surface area contributed by atoms with Crippen LogP contribution in [0.1, 0.15) is 61.3 Å². The van der Waals surface area contributed by atoms with Crippen LogP contribution in [-0.4, -0.2) is 25.0 Å². The minimum Gasteiger partial charge on any atom is -0.306 e. The van der Waals surface area contributed by atoms with Gasteiger partial charge in [0.25, 0.3) is 0 Å². The first-order chi connectivity index (χ1) is 7.62. The Morgan fingerprint density at radius 2 is 1.47 bits per heavy atom. The first-order valence-corrected chi connectivity index (χ1v) is 7.31. The van der Waals surface area contributed by atoms with E-state index >= 15 is 0 Å². The summed E-state index contributed by atoms with van der Waals surface area (Å²) in [5.41, 5.74) is 0.445. The van der Waals surface area contributed by atoms with Crippen LogP contribution in [0.25, 0.3) is 0 Å². The highest BCUT2D eigenvalue weighted by Gasteiger charge is 2.22. The minimum absolute atomic E-state index is 0.445. The molecule has 0 saturated heterocycles. The molecule has 0 aliphatic heterocycles. The van der Waals surface area contributed by atoms with Crippen LogP contribution in [0.4, 0.5) is 0 Å². The summed E-state index contributed by atoms with van der Waals surface area (Å²) in [5, 5.41) is 0. The normalized spacial score (nSPS) is 15.0. The van der Waals surface area contributed by atoms with Crippen LogP contribution in [0, 0.1) is 23.2 Å². The Morgan fingerprint density at radius 3 is 1.88 bits per heavy atom. The molecule has 0 aromatic rings. The molecule has 0 amide bonds. The second-order valence-corrected chi connectivity index (χ2v) is 7.69. The molecule has 0 aromatic heterocycles. The van der Waals surface area contributed by atoms with Crippen molar-refractivity contribution in [2.75, 3.05) is 20.1 Å². The quantitative estimate of drug-likeness (QED) is 0.597. The third kappa shape index (κ3) is 9.64. The van der Waals surface area contributed by atoms with E-state index in [4.69, 9.17) is 0 Å². The van der Waals surface area contributed by atoms with Gasteiger partial charge in [-0.2, -0.15) is 0 Å². The molecule has 0 saturated carbocycles. The smallest absolute Gasteiger partial charge is 0.00298 e. The van der Waals surface area contributed by atoms with Crippen LogP contribution < -0.4 is 0 Å². The van der Waals surface area contributed by atoms with Crippen molar-refractivity contribution in [3.05, 3.63) is 0 Å². The van der Waals surface area contributed by atoms with Crippen molar-refractivity contribution in [2.24, 2.45) is 23.2 Å². The van der Waals surface area contributed by atoms with Gasteiger partial charge < -0.3 is 4.90 Å². The molecule has 1 heteroatoms. The molecule has 0 radical (unpaired) electrons. The Bertz CT molecular complexity index is 194. The highest BCUT2D eigenvalue weighted by atomic mass is 15.1. The minimum atomic E-state index is 0.445. The Morgan fingerprint density at radius 1 is 0.941 bits per heavy atom. The average Bonchev–Trinajstić information content (AvgIpc) is 1.95. The molecular weight excluding hydrogens is 206 g/mol. The van der Waals surface area contributed by atoms with Crippen LogP contribution >= 0.6 is 0 Å². The molecule has 1 unspecified atom stereocenters. The molecular formula is C16H35N. The molecule has 0 heterocycles. The van der Waals surface area contributed by atoms with Gasteiger partial charge in [-0.05, 0) is 43.1 Å². The summed E-state index contributed by atoms with van der Waals surface area (Å²) in [6, 6.07) is 0. The molecule has 0 fully saturated rings. The lowest BCUT2D eigenvalue weighted by molar-refractivity contribution is 0.160. The van der Waals surface area contributed by atoms with Gasteiger partial charge in [0.15, 0.2) is 0 Å². The summed E-state index contributed by atoms with van der Waals surface area (Å²) in [6.45, 7) is 18.9. The zero-order valence-electron chi connectivity index (χ0n) is 13.5. The van der Waals surface area contributed by atoms with Gasteiger partial charge in [-0.25, -0.2) is 0 Å². The fourth-order valence-electron chi connectivity index (χ4n) is 3.38. The molecule has 1 nitrogen and oxygen atoms in total. The third-order valence-corrected chi connectivity index (χ3v) is 3.16. The van der Waals surface area contributed by atoms with Gasteiger partial charge in [0.2, 0.25) is 0 Å². The largest absolute Gasteiger partial charge is 0.306 e. The Hall–Kier alpha value is -0.0400. The number of hydrogen-bond acceptors (Lipinski definition) is 1. The fraction of sp³-hybridized carbons (Fsp3) is 1.00. The molecule has 104 valence electrons. The van der Waals surface area contributed by atoms with Crippen LogP contribution in [0.15, 0.2) is 0 Å². The molecule has 0 aliphatic rings. The predicted molar refractivity (Wildman–Crippen MR) is 79.4 cm³/mol. The van der Waals surface area contributed by atoms with E-state index < -0.39 is 0 Å². The van der Waals surface area contributed by atoms with E-state index in [1.165, 1.54) is 25.9 Å². The number of rotatable bonds is 8. The molecule has 0 N–H and O–H groups in total. The number of nitrogens with zero attached hydrogens (tertiary/aromatic N) is 1. The van der Waals surface area contributed by atoms with Gasteiger partial charge in [-0.15, -0.1) is 0 Å². The van der Waals surface area contributed by atoms with Crippen molar-refractivity contribution in [2.45, 2.75) is 61.3 Å². The fourth-order valence-corrected chi connectivity index (χ4v) is 3.38. The highest BCUT2D eigenvalue weighted by Crippen LogP contribution is 2.26. The van der Waals surface area contributed by atoms with Crippen LogP contribution in [0.2, 0.25) is 0 Å². The van der Waals surface area contributed by atoms with E-state index in [1.54, 1.807) is 0 Å². The van der Waals surface area contributed by atoms with E-state index in [0.29, 0.717) is 5.41 Å². The zero-order valence-corrected chi connectivity index (χ0v) is 13.5. The SMILES string of the molecule is CC(C)CC(C)CN(C)CC(C)(C)CC(C)C. The molecule has 0 spiro atoms. The maximum absolute atomic E-state index is 2.52. The summed E-state index contributed by atoms with van der Waals surface area (Å²) in [7, 11) is 2.28. The molecule has 0 aromatic carbocycles. The van der Waals surface area contributed by atoms with Gasteiger partial charge in [-0.1, -0.05) is 48.5 Å². The van der Waals surface area contributed by atoms with Crippen molar-refractivity contribution in [1.82, 2.24) is 4.90 Å². The maximum Gasteiger partial charge on any atom is 0.00298 e. The predicted octanol–water partition coefficient (Wildman–Crippen LogP) is 4.67. The van der Waals surface area contributed by atoms with E-state index in [-0.39, 0.29) is 0 Å². The van der Waals surface area contributed by atoms with Gasteiger partial charge in [0.1, 0.15) is 0 Å². The van der Waals surface area contributed by atoms with E-state index in [2.05, 4.69) is 60.4 Å². The second kappa shape index (κ2) is 7.41. The standard InChI is InChI=1S/C16H35N/c1-13(2)9-15(5)11-17(8)12-16(6,7)10-14(3)4/h13-15H,9-12H2,1-8H3. The Labute approximate surface area is 110 Å². The highest BCUT2D eigenvalue weighted by molar-refractivity contribution is 4.75. The Balaban J connectivity index is 4.03. The van der Waals surface area contributed by atoms with Crippen LogP contribution in [0.3, 0.4) is 0 Å². The number of hydrogen-bond donors (Lipinski definition) is 0. The molecule has 17 heavy (non-hydrogen) atoms. The molecule has 0 rings (SSSR count). The lowest BCUT2D eigenvalue weighted by Gasteiger charge is -2.33.